The van der Waals surface area contributed by atoms with E-state index in [2.05, 4.69) is 42.2 Å². The Morgan fingerprint density at radius 2 is 1.03 bits per heavy atom. The largest absolute Gasteiger partial charge is 0.480 e. The van der Waals surface area contributed by atoms with E-state index in [0.717, 1.165) is 0 Å². The number of primary amides is 1. The summed E-state index contributed by atoms with van der Waals surface area (Å²) in [6.45, 7) is 9.98. The molecule has 0 aromatic carbocycles. The summed E-state index contributed by atoms with van der Waals surface area (Å²) < 4.78 is 0. The maximum atomic E-state index is 13.9. The smallest absolute Gasteiger partial charge is 0.326 e. The SMILES string of the molecule is CC(C)C[C@H](NC(=O)[C@H](CCCN=C(N)N)NC(=O)[C@H](CC(C)C)NC(=O)[C@@H](N)C(C)C)C(=O)N[C@@H](CCC(N)=O)C(=O)NCC(=O)NCC(=O)N[C@@H](CCCCN)C(=O)O. The van der Waals surface area contributed by atoms with Crippen LogP contribution in [0.25, 0.3) is 0 Å². The lowest BCUT2D eigenvalue weighted by Gasteiger charge is -2.28. The minimum absolute atomic E-state index is 0.0144. The first-order valence-corrected chi connectivity index (χ1v) is 20.6. The van der Waals surface area contributed by atoms with Crippen molar-refractivity contribution in [1.29, 1.82) is 0 Å². The van der Waals surface area contributed by atoms with Crippen LogP contribution < -0.4 is 65.9 Å². The first kappa shape index (κ1) is 55.4. The Bertz CT molecular complexity index is 1500. The Morgan fingerprint density at radius 3 is 1.51 bits per heavy atom. The number of hydrogen-bond acceptors (Lipinski definition) is 12. The molecule has 0 aliphatic carbocycles. The summed E-state index contributed by atoms with van der Waals surface area (Å²) in [5.41, 5.74) is 27.6. The van der Waals surface area contributed by atoms with Crippen molar-refractivity contribution in [3.63, 3.8) is 0 Å². The lowest BCUT2D eigenvalue weighted by molar-refractivity contribution is -0.142. The number of guanidine groups is 1. The number of unbranched alkanes of at least 4 members (excludes halogenated alkanes) is 1. The molecule has 0 heterocycles. The molecule has 0 radical (unpaired) electrons. The lowest BCUT2D eigenvalue weighted by Crippen LogP contribution is -2.59. The van der Waals surface area contributed by atoms with Gasteiger partial charge in [0.1, 0.15) is 30.2 Å². The molecule has 0 aliphatic heterocycles. The Labute approximate surface area is 357 Å². The molecule has 0 aromatic heterocycles. The molecule has 0 aromatic rings. The first-order chi connectivity index (χ1) is 28.5. The fourth-order valence-electron chi connectivity index (χ4n) is 5.65. The van der Waals surface area contributed by atoms with Crippen molar-refractivity contribution in [1.82, 2.24) is 37.2 Å². The van der Waals surface area contributed by atoms with Crippen LogP contribution in [-0.4, -0.2) is 127 Å². The highest BCUT2D eigenvalue weighted by atomic mass is 16.4. The van der Waals surface area contributed by atoms with Gasteiger partial charge in [0.2, 0.25) is 47.3 Å². The molecule has 0 fully saturated rings. The van der Waals surface area contributed by atoms with Gasteiger partial charge in [-0.05, 0) is 75.7 Å². The van der Waals surface area contributed by atoms with Gasteiger partial charge in [-0.2, -0.15) is 0 Å². The molecule has 348 valence electrons. The van der Waals surface area contributed by atoms with Crippen molar-refractivity contribution in [3.8, 4) is 0 Å². The van der Waals surface area contributed by atoms with E-state index in [1.54, 1.807) is 27.7 Å². The summed E-state index contributed by atoms with van der Waals surface area (Å²) in [6.07, 6.45) is 1.05. The zero-order valence-electron chi connectivity index (χ0n) is 36.3. The average Bonchev–Trinajstić information content (AvgIpc) is 3.16. The number of aliphatic carboxylic acids is 1. The second-order valence-corrected chi connectivity index (χ2v) is 16.0. The van der Waals surface area contributed by atoms with E-state index in [9.17, 15) is 48.3 Å². The predicted molar refractivity (Wildman–Crippen MR) is 226 cm³/mol. The van der Waals surface area contributed by atoms with Gasteiger partial charge in [-0.3, -0.25) is 43.3 Å². The van der Waals surface area contributed by atoms with Gasteiger partial charge in [0.15, 0.2) is 5.96 Å². The summed E-state index contributed by atoms with van der Waals surface area (Å²) in [5, 5.41) is 26.8. The fourth-order valence-corrected chi connectivity index (χ4v) is 5.65. The number of nitrogens with zero attached hydrogens (tertiary/aromatic N) is 1. The van der Waals surface area contributed by atoms with Gasteiger partial charge < -0.3 is 71.0 Å². The molecule has 0 saturated heterocycles. The van der Waals surface area contributed by atoms with Crippen LogP contribution in [0, 0.1) is 17.8 Å². The van der Waals surface area contributed by atoms with E-state index < -0.39 is 103 Å². The molecule has 23 nitrogen and oxygen atoms in total. The van der Waals surface area contributed by atoms with E-state index in [4.69, 9.17) is 28.7 Å². The second-order valence-electron chi connectivity index (χ2n) is 16.0. The van der Waals surface area contributed by atoms with Gasteiger partial charge in [0.25, 0.3) is 0 Å². The summed E-state index contributed by atoms with van der Waals surface area (Å²) >= 11 is 0. The van der Waals surface area contributed by atoms with Crippen molar-refractivity contribution in [2.45, 2.75) is 136 Å². The van der Waals surface area contributed by atoms with Crippen LogP contribution in [0.1, 0.15) is 99.3 Å². The number of nitrogens with one attached hydrogen (secondary N) is 7. The zero-order chi connectivity index (χ0) is 46.8. The van der Waals surface area contributed by atoms with Crippen molar-refractivity contribution in [3.05, 3.63) is 0 Å². The standard InChI is InChI=1S/C38H71N13O10/c1-20(2)16-26(50-33(56)23(11-9-15-44-38(42)43)48-35(58)27(17-21(3)4)51-36(59)31(41)22(5)6)34(57)49-24(12-13-28(40)52)32(55)46-18-29(53)45-19-30(54)47-25(37(60)61)10-7-8-14-39/h20-27,31H,7-19,39,41H2,1-6H3,(H2,40,52)(H,45,53)(H,46,55)(H,47,54)(H,48,58)(H,49,57)(H,50,56)(H,51,59)(H,60,61)(H4,42,43,44)/t23-,24-,25-,26-,27-,31-/m0/s1. The molecule has 6 atom stereocenters. The molecule has 0 unspecified atom stereocenters. The van der Waals surface area contributed by atoms with E-state index in [0.29, 0.717) is 19.4 Å². The van der Waals surface area contributed by atoms with Crippen LogP contribution in [-0.2, 0) is 43.2 Å². The van der Waals surface area contributed by atoms with Crippen LogP contribution in [0.2, 0.25) is 0 Å². The molecule has 0 bridgehead atoms. The first-order valence-electron chi connectivity index (χ1n) is 20.6. The van der Waals surface area contributed by atoms with Crippen molar-refractivity contribution >= 4 is 59.2 Å². The number of carboxylic acids is 1. The molecule has 0 aliphatic rings. The normalized spacial score (nSPS) is 14.0. The van der Waals surface area contributed by atoms with E-state index in [-0.39, 0.29) is 75.2 Å². The molecular formula is C38H71N13O10. The Kier molecular flexibility index (Phi) is 26.9. The van der Waals surface area contributed by atoms with Crippen molar-refractivity contribution in [2.24, 2.45) is 51.4 Å². The number of aliphatic imine (C=N–C) groups is 1. The Morgan fingerprint density at radius 1 is 0.557 bits per heavy atom. The van der Waals surface area contributed by atoms with Gasteiger partial charge in [0.05, 0.1) is 19.1 Å². The third-order valence-corrected chi connectivity index (χ3v) is 9.04. The van der Waals surface area contributed by atoms with Gasteiger partial charge in [-0.25, -0.2) is 4.79 Å². The summed E-state index contributed by atoms with van der Waals surface area (Å²) in [7, 11) is 0. The zero-order valence-corrected chi connectivity index (χ0v) is 36.3. The molecule has 8 amide bonds. The molecule has 18 N–H and O–H groups in total. The van der Waals surface area contributed by atoms with Gasteiger partial charge >= 0.3 is 5.97 Å². The molecule has 61 heavy (non-hydrogen) atoms. The molecule has 23 heteroatoms. The number of carbonyl (C=O) groups is 9. The number of carbonyl (C=O) groups excluding carboxylic acids is 8. The van der Waals surface area contributed by atoms with Gasteiger partial charge in [-0.1, -0.05) is 41.5 Å². The fraction of sp³-hybridized carbons (Fsp3) is 0.737. The maximum absolute atomic E-state index is 13.9. The predicted octanol–water partition coefficient (Wildman–Crippen LogP) is -3.75. The molecule has 0 rings (SSSR count). The monoisotopic (exact) mass is 870 g/mol. The van der Waals surface area contributed by atoms with Crippen LogP contribution in [0.4, 0.5) is 0 Å². The highest BCUT2D eigenvalue weighted by molar-refractivity contribution is 5.97. The number of rotatable bonds is 31. The quantitative estimate of drug-likeness (QED) is 0.0181. The summed E-state index contributed by atoms with van der Waals surface area (Å²) in [6, 6.07) is -7.06. The summed E-state index contributed by atoms with van der Waals surface area (Å²) in [4.78, 5) is 119. The van der Waals surface area contributed by atoms with E-state index >= 15 is 0 Å². The van der Waals surface area contributed by atoms with Gasteiger partial charge in [0, 0.05) is 13.0 Å². The number of nitrogens with two attached hydrogens (primary N) is 5. The third kappa shape index (κ3) is 24.9. The van der Waals surface area contributed by atoms with E-state index in [1.807, 2.05) is 13.8 Å². The van der Waals surface area contributed by atoms with Crippen LogP contribution >= 0.6 is 0 Å². The van der Waals surface area contributed by atoms with Crippen LogP contribution in [0.3, 0.4) is 0 Å². The number of amides is 8. The second kappa shape index (κ2) is 29.6. The minimum Gasteiger partial charge on any atom is -0.480 e. The third-order valence-electron chi connectivity index (χ3n) is 9.04. The number of carboxylic acid groups (broad SMARTS) is 1. The van der Waals surface area contributed by atoms with Crippen LogP contribution in [0.5, 0.6) is 0 Å². The lowest BCUT2D eigenvalue weighted by atomic mass is 9.99. The Hall–Kier alpha value is -5.58. The highest BCUT2D eigenvalue weighted by Crippen LogP contribution is 2.11. The van der Waals surface area contributed by atoms with Crippen LogP contribution in [0.15, 0.2) is 4.99 Å². The number of hydrogen-bond donors (Lipinski definition) is 13. The highest BCUT2D eigenvalue weighted by Gasteiger charge is 2.33. The maximum Gasteiger partial charge on any atom is 0.326 e. The molecular weight excluding hydrogens is 798 g/mol. The van der Waals surface area contributed by atoms with E-state index in [1.165, 1.54) is 0 Å². The summed E-state index contributed by atoms with van der Waals surface area (Å²) in [5.74, 6) is -7.98. The Balaban J connectivity index is 6.08. The molecule has 0 saturated carbocycles. The van der Waals surface area contributed by atoms with Gasteiger partial charge in [-0.15, -0.1) is 0 Å². The minimum atomic E-state index is -1.42. The van der Waals surface area contributed by atoms with Crippen molar-refractivity contribution < 1.29 is 48.3 Å². The van der Waals surface area contributed by atoms with Crippen molar-refractivity contribution in [2.75, 3.05) is 26.2 Å². The average molecular weight is 870 g/mol. The topological polar surface area (TPSA) is 401 Å². The molecule has 0 spiro atoms.